The Morgan fingerprint density at radius 3 is 1.89 bits per heavy atom. The Kier molecular flexibility index (Phi) is 12.3. The molecule has 0 radical (unpaired) electrons. The first kappa shape index (κ1) is 36.8. The third-order valence-corrected chi connectivity index (χ3v) is 7.57. The molecule has 0 aromatic heterocycles. The highest BCUT2D eigenvalue weighted by atomic mass is 19.4. The number of halogens is 6. The number of rotatable bonds is 6. The number of benzene rings is 3. The van der Waals surface area contributed by atoms with E-state index in [0.717, 1.165) is 49.8 Å². The van der Waals surface area contributed by atoms with Gasteiger partial charge >= 0.3 is 24.3 Å². The average molecular weight is 671 g/mol. The molecule has 10 nitrogen and oxygen atoms in total. The number of hydrogen-bond acceptors (Lipinski definition) is 6. The molecule has 16 heteroatoms. The number of carbonyl (C=O) groups excluding carboxylic acids is 2. The zero-order chi connectivity index (χ0) is 34.8. The van der Waals surface area contributed by atoms with E-state index < -0.39 is 29.8 Å². The van der Waals surface area contributed by atoms with Crippen molar-refractivity contribution in [2.24, 2.45) is 0 Å². The van der Waals surface area contributed by atoms with Crippen LogP contribution >= 0.6 is 0 Å². The van der Waals surface area contributed by atoms with Crippen molar-refractivity contribution in [3.63, 3.8) is 0 Å². The SMILES string of the molecule is O=C(NCCN1CCC2(CC1)C(=O)NCN2Cc1ccccc1)c1ccc2ccccc2c1.O=C(O)C(F)(F)F.O=C(O)C(F)(F)F. The van der Waals surface area contributed by atoms with Crippen LogP contribution < -0.4 is 10.6 Å². The summed E-state index contributed by atoms with van der Waals surface area (Å²) < 4.78 is 63.5. The van der Waals surface area contributed by atoms with E-state index >= 15 is 0 Å². The summed E-state index contributed by atoms with van der Waals surface area (Å²) in [5.41, 5.74) is 1.50. The molecular formula is C31H32F6N4O6. The zero-order valence-electron chi connectivity index (χ0n) is 24.8. The molecular weight excluding hydrogens is 638 g/mol. The fourth-order valence-electron chi connectivity index (χ4n) is 5.09. The summed E-state index contributed by atoms with van der Waals surface area (Å²) in [6, 6.07) is 24.2. The molecule has 254 valence electrons. The second kappa shape index (κ2) is 15.7. The van der Waals surface area contributed by atoms with Gasteiger partial charge in [-0.15, -0.1) is 0 Å². The highest BCUT2D eigenvalue weighted by Gasteiger charge is 2.49. The summed E-state index contributed by atoms with van der Waals surface area (Å²) >= 11 is 0. The van der Waals surface area contributed by atoms with Gasteiger partial charge in [-0.25, -0.2) is 9.59 Å². The number of carbonyl (C=O) groups is 4. The predicted octanol–water partition coefficient (Wildman–Crippen LogP) is 4.26. The van der Waals surface area contributed by atoms with Crippen molar-refractivity contribution in [3.05, 3.63) is 83.9 Å². The van der Waals surface area contributed by atoms with Gasteiger partial charge < -0.3 is 25.7 Å². The number of carboxylic acids is 2. The Balaban J connectivity index is 0.000000360. The van der Waals surface area contributed by atoms with Gasteiger partial charge in [-0.05, 0) is 41.3 Å². The molecule has 0 aliphatic carbocycles. The van der Waals surface area contributed by atoms with Gasteiger partial charge in [-0.2, -0.15) is 26.3 Å². The maximum absolute atomic E-state index is 12.8. The second-order valence-electron chi connectivity index (χ2n) is 10.6. The number of aliphatic carboxylic acids is 2. The standard InChI is InChI=1S/C27H30N4O2.2C2HF3O2/c32-25(24-11-10-22-8-4-5-9-23(22)18-24)28-14-17-30-15-12-27(13-16-30)26(33)29-20-31(27)19-21-6-2-1-3-7-21;2*3-2(4,5)1(6)7/h1-11,18H,12-17,19-20H2,(H,28,32)(H,29,33);2*(H,6,7). The summed E-state index contributed by atoms with van der Waals surface area (Å²) in [5.74, 6) is -5.40. The van der Waals surface area contributed by atoms with Crippen molar-refractivity contribution < 1.29 is 55.7 Å². The topological polar surface area (TPSA) is 139 Å². The summed E-state index contributed by atoms with van der Waals surface area (Å²) in [4.78, 5) is 47.8. The van der Waals surface area contributed by atoms with Crippen LogP contribution in [-0.4, -0.2) is 94.5 Å². The van der Waals surface area contributed by atoms with Gasteiger partial charge in [0.2, 0.25) is 5.91 Å². The molecule has 3 aromatic carbocycles. The molecule has 0 unspecified atom stereocenters. The first-order valence-electron chi connectivity index (χ1n) is 14.2. The minimum Gasteiger partial charge on any atom is -0.475 e. The highest BCUT2D eigenvalue weighted by molar-refractivity contribution is 5.98. The lowest BCUT2D eigenvalue weighted by atomic mass is 9.85. The molecule has 2 aliphatic heterocycles. The highest BCUT2D eigenvalue weighted by Crippen LogP contribution is 2.33. The number of amides is 2. The molecule has 1 spiro atoms. The van der Waals surface area contributed by atoms with Gasteiger partial charge in [0.1, 0.15) is 5.54 Å². The van der Waals surface area contributed by atoms with Crippen LogP contribution in [0.15, 0.2) is 72.8 Å². The second-order valence-corrected chi connectivity index (χ2v) is 10.6. The number of alkyl halides is 6. The van der Waals surface area contributed by atoms with Gasteiger partial charge in [0.05, 0.1) is 6.67 Å². The molecule has 0 atom stereocenters. The Morgan fingerprint density at radius 2 is 1.34 bits per heavy atom. The Morgan fingerprint density at radius 1 is 0.809 bits per heavy atom. The smallest absolute Gasteiger partial charge is 0.475 e. The van der Waals surface area contributed by atoms with Crippen LogP contribution in [0.1, 0.15) is 28.8 Å². The Labute approximate surface area is 264 Å². The minimum atomic E-state index is -5.08. The molecule has 0 saturated carbocycles. The minimum absolute atomic E-state index is 0.0431. The summed E-state index contributed by atoms with van der Waals surface area (Å²) in [7, 11) is 0. The molecule has 2 heterocycles. The van der Waals surface area contributed by atoms with Crippen molar-refractivity contribution in [2.75, 3.05) is 32.8 Å². The molecule has 47 heavy (non-hydrogen) atoms. The van der Waals surface area contributed by atoms with Crippen LogP contribution in [0.25, 0.3) is 10.8 Å². The van der Waals surface area contributed by atoms with Crippen molar-refractivity contribution in [2.45, 2.75) is 37.3 Å². The first-order valence-corrected chi connectivity index (χ1v) is 14.2. The average Bonchev–Trinajstić information content (AvgIpc) is 3.31. The fourth-order valence-corrected chi connectivity index (χ4v) is 5.09. The summed E-state index contributed by atoms with van der Waals surface area (Å²) in [6.45, 7) is 4.47. The van der Waals surface area contributed by atoms with Crippen LogP contribution in [0.2, 0.25) is 0 Å². The van der Waals surface area contributed by atoms with E-state index in [1.165, 1.54) is 5.56 Å². The fraction of sp³-hybridized carbons (Fsp3) is 0.355. The molecule has 4 N–H and O–H groups in total. The molecule has 5 rings (SSSR count). The lowest BCUT2D eigenvalue weighted by molar-refractivity contribution is -0.193. The molecule has 2 saturated heterocycles. The van der Waals surface area contributed by atoms with E-state index in [0.29, 0.717) is 18.8 Å². The van der Waals surface area contributed by atoms with E-state index in [-0.39, 0.29) is 11.8 Å². The number of fused-ring (bicyclic) bond motifs is 1. The van der Waals surface area contributed by atoms with E-state index in [9.17, 15) is 35.9 Å². The number of nitrogens with zero attached hydrogens (tertiary/aromatic N) is 2. The monoisotopic (exact) mass is 670 g/mol. The van der Waals surface area contributed by atoms with Gasteiger partial charge in [-0.3, -0.25) is 14.5 Å². The van der Waals surface area contributed by atoms with E-state index in [1.807, 2.05) is 60.7 Å². The molecule has 2 fully saturated rings. The summed E-state index contributed by atoms with van der Waals surface area (Å²) in [6.07, 6.45) is -8.55. The number of likely N-dealkylation sites (tertiary alicyclic amines) is 1. The Bertz CT molecular complexity index is 1520. The maximum atomic E-state index is 12.8. The lowest BCUT2D eigenvalue weighted by Crippen LogP contribution is -2.56. The van der Waals surface area contributed by atoms with Crippen LogP contribution in [0.5, 0.6) is 0 Å². The third-order valence-electron chi connectivity index (χ3n) is 7.57. The molecule has 3 aromatic rings. The zero-order valence-corrected chi connectivity index (χ0v) is 24.8. The van der Waals surface area contributed by atoms with Gasteiger partial charge in [-0.1, -0.05) is 60.7 Å². The van der Waals surface area contributed by atoms with Crippen molar-refractivity contribution in [3.8, 4) is 0 Å². The molecule has 0 bridgehead atoms. The van der Waals surface area contributed by atoms with Crippen LogP contribution in [-0.2, 0) is 20.9 Å². The lowest BCUT2D eigenvalue weighted by Gasteiger charge is -2.42. The van der Waals surface area contributed by atoms with Crippen LogP contribution in [0.3, 0.4) is 0 Å². The Hall–Kier alpha value is -4.70. The third kappa shape index (κ3) is 10.4. The van der Waals surface area contributed by atoms with Gasteiger partial charge in [0, 0.05) is 38.3 Å². The predicted molar refractivity (Wildman–Crippen MR) is 157 cm³/mol. The van der Waals surface area contributed by atoms with E-state index in [1.54, 1.807) is 0 Å². The molecule has 2 aliphatic rings. The maximum Gasteiger partial charge on any atom is 0.490 e. The van der Waals surface area contributed by atoms with Crippen molar-refractivity contribution >= 4 is 34.5 Å². The normalized spacial score (nSPS) is 16.3. The number of hydrogen-bond donors (Lipinski definition) is 4. The number of piperidine rings is 1. The van der Waals surface area contributed by atoms with Gasteiger partial charge in [0.15, 0.2) is 0 Å². The first-order chi connectivity index (χ1) is 22.0. The quantitative estimate of drug-likeness (QED) is 0.286. The van der Waals surface area contributed by atoms with Crippen molar-refractivity contribution in [1.29, 1.82) is 0 Å². The van der Waals surface area contributed by atoms with Crippen molar-refractivity contribution in [1.82, 2.24) is 20.4 Å². The number of carboxylic acid groups (broad SMARTS) is 2. The van der Waals surface area contributed by atoms with Crippen LogP contribution in [0, 0.1) is 0 Å². The van der Waals surface area contributed by atoms with Crippen LogP contribution in [0.4, 0.5) is 26.3 Å². The molecule has 2 amide bonds. The van der Waals surface area contributed by atoms with E-state index in [4.69, 9.17) is 19.8 Å². The largest absolute Gasteiger partial charge is 0.490 e. The van der Waals surface area contributed by atoms with Gasteiger partial charge in [0.25, 0.3) is 5.91 Å². The van der Waals surface area contributed by atoms with E-state index in [2.05, 4.69) is 32.6 Å². The summed E-state index contributed by atoms with van der Waals surface area (Å²) in [5, 5.41) is 22.6. The number of nitrogens with one attached hydrogen (secondary N) is 2.